The van der Waals surface area contributed by atoms with E-state index in [0.717, 1.165) is 11.8 Å². The number of carbonyl (C=O) groups excluding carboxylic acids is 2. The number of esters is 2. The van der Waals surface area contributed by atoms with Gasteiger partial charge < -0.3 is 14.5 Å². The quantitative estimate of drug-likeness (QED) is 0.747. The summed E-state index contributed by atoms with van der Waals surface area (Å²) in [5.41, 5.74) is -1.38. The van der Waals surface area contributed by atoms with Crippen LogP contribution in [0.1, 0.15) is 67.8 Å². The molecule has 1 N–H and O–H groups in total. The number of ether oxygens (including phenoxy) is 2. The van der Waals surface area contributed by atoms with Crippen molar-refractivity contribution in [1.29, 1.82) is 0 Å². The third-order valence-corrected chi connectivity index (χ3v) is 5.42. The van der Waals surface area contributed by atoms with Crippen LogP contribution in [0.2, 0.25) is 0 Å². The molecule has 0 saturated carbocycles. The highest BCUT2D eigenvalue weighted by Crippen LogP contribution is 2.29. The van der Waals surface area contributed by atoms with Crippen LogP contribution in [0.3, 0.4) is 0 Å². The summed E-state index contributed by atoms with van der Waals surface area (Å²) >= 11 is 0. The van der Waals surface area contributed by atoms with Crippen LogP contribution in [0.25, 0.3) is 0 Å². The van der Waals surface area contributed by atoms with Gasteiger partial charge in [-0.15, -0.1) is 0 Å². The maximum absolute atomic E-state index is 13.2. The van der Waals surface area contributed by atoms with Gasteiger partial charge in [-0.25, -0.2) is 18.0 Å². The van der Waals surface area contributed by atoms with Gasteiger partial charge in [0.1, 0.15) is 16.8 Å². The molecule has 0 unspecified atom stereocenters. The largest absolute Gasteiger partial charge is 0.456 e. The van der Waals surface area contributed by atoms with Crippen LogP contribution < -0.4 is 0 Å². The number of benzene rings is 1. The van der Waals surface area contributed by atoms with Crippen molar-refractivity contribution in [2.24, 2.45) is 0 Å². The van der Waals surface area contributed by atoms with Gasteiger partial charge in [0.05, 0.1) is 10.5 Å². The SMILES string of the molecule is Cc1ccc(S(=O)(=O)c2[nH]cc(C(=O)OC(C)(C)C)c2C(=O)OC(C)(C)C)cc1. The van der Waals surface area contributed by atoms with E-state index in [-0.39, 0.29) is 16.0 Å². The fourth-order valence-corrected chi connectivity index (χ4v) is 3.88. The first-order valence-electron chi connectivity index (χ1n) is 9.12. The van der Waals surface area contributed by atoms with Gasteiger partial charge in [-0.05, 0) is 60.6 Å². The summed E-state index contributed by atoms with van der Waals surface area (Å²) in [6, 6.07) is 6.19. The number of rotatable bonds is 4. The number of hydrogen-bond donors (Lipinski definition) is 1. The zero-order chi connectivity index (χ0) is 22.2. The minimum atomic E-state index is -4.11. The van der Waals surface area contributed by atoms with Crippen LogP contribution in [0.5, 0.6) is 0 Å². The molecule has 29 heavy (non-hydrogen) atoms. The molecule has 0 radical (unpaired) electrons. The number of H-pyrrole nitrogens is 1. The van der Waals surface area contributed by atoms with Gasteiger partial charge in [0, 0.05) is 6.20 Å². The summed E-state index contributed by atoms with van der Waals surface area (Å²) in [6.45, 7) is 11.8. The molecule has 1 aromatic carbocycles. The first-order chi connectivity index (χ1) is 13.1. The lowest BCUT2D eigenvalue weighted by Crippen LogP contribution is -2.28. The Kier molecular flexibility index (Phi) is 5.99. The molecule has 7 nitrogen and oxygen atoms in total. The maximum atomic E-state index is 13.2. The molecule has 0 bridgehead atoms. The lowest BCUT2D eigenvalue weighted by molar-refractivity contribution is 0.00171. The molecule has 0 aliphatic rings. The summed E-state index contributed by atoms with van der Waals surface area (Å²) in [4.78, 5) is 28.0. The number of hydrogen-bond acceptors (Lipinski definition) is 6. The van der Waals surface area contributed by atoms with Gasteiger partial charge in [0.2, 0.25) is 9.84 Å². The lowest BCUT2D eigenvalue weighted by atomic mass is 10.1. The van der Waals surface area contributed by atoms with Gasteiger partial charge in [0.15, 0.2) is 5.03 Å². The van der Waals surface area contributed by atoms with Crippen LogP contribution in [0.15, 0.2) is 40.4 Å². The number of aryl methyl sites for hydroxylation is 1. The lowest BCUT2D eigenvalue weighted by Gasteiger charge is -2.21. The van der Waals surface area contributed by atoms with Crippen LogP contribution >= 0.6 is 0 Å². The number of aromatic amines is 1. The molecule has 0 aliphatic heterocycles. The molecule has 1 aromatic heterocycles. The third kappa shape index (κ3) is 5.47. The number of aromatic nitrogens is 1. The first-order valence-corrected chi connectivity index (χ1v) is 10.6. The van der Waals surface area contributed by atoms with E-state index >= 15 is 0 Å². The molecule has 8 heteroatoms. The number of carbonyl (C=O) groups is 2. The van der Waals surface area contributed by atoms with E-state index in [4.69, 9.17) is 9.47 Å². The Morgan fingerprint density at radius 2 is 1.34 bits per heavy atom. The molecule has 2 aromatic rings. The van der Waals surface area contributed by atoms with E-state index in [9.17, 15) is 18.0 Å². The van der Waals surface area contributed by atoms with E-state index < -0.39 is 38.0 Å². The van der Waals surface area contributed by atoms with Gasteiger partial charge in [-0.3, -0.25) is 0 Å². The minimum absolute atomic E-state index is 0.00880. The monoisotopic (exact) mass is 421 g/mol. The molecule has 1 heterocycles. The molecule has 0 spiro atoms. The fourth-order valence-electron chi connectivity index (χ4n) is 2.48. The van der Waals surface area contributed by atoms with Gasteiger partial charge in [-0.2, -0.15) is 0 Å². The molecule has 0 fully saturated rings. The predicted molar refractivity (Wildman–Crippen MR) is 108 cm³/mol. The summed E-state index contributed by atoms with van der Waals surface area (Å²) in [6.07, 6.45) is 1.16. The van der Waals surface area contributed by atoms with E-state index in [2.05, 4.69) is 4.98 Å². The van der Waals surface area contributed by atoms with Crippen LogP contribution in [-0.4, -0.2) is 36.5 Å². The Balaban J connectivity index is 2.65. The van der Waals surface area contributed by atoms with Crippen molar-refractivity contribution in [2.45, 2.75) is 69.6 Å². The normalized spacial score (nSPS) is 12.5. The second kappa shape index (κ2) is 7.67. The molecular weight excluding hydrogens is 394 g/mol. The molecule has 0 atom stereocenters. The van der Waals surface area contributed by atoms with Crippen molar-refractivity contribution in [2.75, 3.05) is 0 Å². The molecule has 158 valence electrons. The highest BCUT2D eigenvalue weighted by atomic mass is 32.2. The Bertz CT molecular complexity index is 1020. The highest BCUT2D eigenvalue weighted by molar-refractivity contribution is 7.91. The van der Waals surface area contributed by atoms with E-state index in [1.54, 1.807) is 53.7 Å². The van der Waals surface area contributed by atoms with Crippen LogP contribution in [0, 0.1) is 6.92 Å². The minimum Gasteiger partial charge on any atom is -0.456 e. The number of sulfone groups is 1. The smallest absolute Gasteiger partial charge is 0.342 e. The second-order valence-electron chi connectivity index (χ2n) is 8.73. The Morgan fingerprint density at radius 3 is 1.83 bits per heavy atom. The molecule has 0 aliphatic carbocycles. The second-order valence-corrected chi connectivity index (χ2v) is 10.6. The maximum Gasteiger partial charge on any atom is 0.342 e. The van der Waals surface area contributed by atoms with Gasteiger partial charge >= 0.3 is 11.9 Å². The van der Waals surface area contributed by atoms with Crippen molar-refractivity contribution >= 4 is 21.8 Å². The van der Waals surface area contributed by atoms with E-state index in [1.165, 1.54) is 12.1 Å². The molecule has 2 rings (SSSR count). The average Bonchev–Trinajstić information content (AvgIpc) is 2.98. The van der Waals surface area contributed by atoms with Crippen molar-refractivity contribution in [3.8, 4) is 0 Å². The van der Waals surface area contributed by atoms with Gasteiger partial charge in [0.25, 0.3) is 0 Å². The highest BCUT2D eigenvalue weighted by Gasteiger charge is 2.35. The third-order valence-electron chi connectivity index (χ3n) is 3.67. The molecule has 0 amide bonds. The average molecular weight is 422 g/mol. The van der Waals surface area contributed by atoms with Crippen molar-refractivity contribution in [1.82, 2.24) is 4.98 Å². The summed E-state index contributed by atoms with van der Waals surface area (Å²) in [5.74, 6) is -1.75. The summed E-state index contributed by atoms with van der Waals surface area (Å²) < 4.78 is 37.0. The van der Waals surface area contributed by atoms with Crippen molar-refractivity contribution in [3.05, 3.63) is 47.2 Å². The van der Waals surface area contributed by atoms with Gasteiger partial charge in [-0.1, -0.05) is 17.7 Å². The zero-order valence-corrected chi connectivity index (χ0v) is 18.6. The summed E-state index contributed by atoms with van der Waals surface area (Å²) in [7, 11) is -4.11. The van der Waals surface area contributed by atoms with E-state index in [0.29, 0.717) is 0 Å². The topological polar surface area (TPSA) is 103 Å². The van der Waals surface area contributed by atoms with E-state index in [1.807, 2.05) is 6.92 Å². The molecular formula is C21H27NO6S. The first kappa shape index (κ1) is 22.7. The van der Waals surface area contributed by atoms with Crippen molar-refractivity contribution < 1.29 is 27.5 Å². The fraction of sp³-hybridized carbons (Fsp3) is 0.429. The van der Waals surface area contributed by atoms with Crippen LogP contribution in [-0.2, 0) is 19.3 Å². The standard InChI is InChI=1S/C21H27NO6S/c1-13-8-10-14(11-9-13)29(25,26)17-16(19(24)28-21(5,6)7)15(12-22-17)18(23)27-20(2,3)4/h8-12,22H,1-7H3. The zero-order valence-electron chi connectivity index (χ0n) is 17.7. The van der Waals surface area contributed by atoms with Crippen LogP contribution in [0.4, 0.5) is 0 Å². The predicted octanol–water partition coefficient (Wildman–Crippen LogP) is 4.07. The Morgan fingerprint density at radius 1 is 0.862 bits per heavy atom. The number of nitrogens with one attached hydrogen (secondary N) is 1. The van der Waals surface area contributed by atoms with Crippen molar-refractivity contribution in [3.63, 3.8) is 0 Å². The summed E-state index contributed by atoms with van der Waals surface area (Å²) in [5, 5.41) is -0.406. The molecule has 0 saturated heterocycles. The Labute approximate surface area is 171 Å². The Hall–Kier alpha value is -2.61.